The van der Waals surface area contributed by atoms with Gasteiger partial charge in [-0.05, 0) is 117 Å². The fourth-order valence-corrected chi connectivity index (χ4v) is 12.6. The van der Waals surface area contributed by atoms with E-state index < -0.39 is 11.8 Å². The highest BCUT2D eigenvalue weighted by atomic mass is 16.8. The SMILES string of the molecule is C=C1C[C@]2(C)[C@H]3CC[C@]4(C)[C@@H]([C@H](C)CCCC(C)C)CC[C@H]4[C@@H]3CC[C@H]2[C@@H]2OC(=O)O[C@]23CCC(C)=C1C3(C)C. The van der Waals surface area contributed by atoms with Gasteiger partial charge in [0.1, 0.15) is 6.10 Å². The number of hydrogen-bond donors (Lipinski definition) is 0. The molecule has 2 bridgehead atoms. The molecule has 0 aromatic heterocycles. The third-order valence-corrected chi connectivity index (χ3v) is 14.4. The summed E-state index contributed by atoms with van der Waals surface area (Å²) >= 11 is 0. The highest BCUT2D eigenvalue weighted by Gasteiger charge is 2.70. The second kappa shape index (κ2) is 9.63. The van der Waals surface area contributed by atoms with E-state index >= 15 is 0 Å². The number of carbonyl (C=O) groups excluding carboxylic acids is 1. The van der Waals surface area contributed by atoms with E-state index in [-0.39, 0.29) is 16.9 Å². The van der Waals surface area contributed by atoms with Gasteiger partial charge in [0.15, 0.2) is 5.60 Å². The van der Waals surface area contributed by atoms with Crippen molar-refractivity contribution in [1.82, 2.24) is 0 Å². The summed E-state index contributed by atoms with van der Waals surface area (Å²) in [6.07, 6.45) is 14.4. The molecule has 0 amide bonds. The number of rotatable bonds is 5. The zero-order chi connectivity index (χ0) is 28.8. The minimum atomic E-state index is -0.575. The van der Waals surface area contributed by atoms with Gasteiger partial charge in [0.2, 0.25) is 0 Å². The van der Waals surface area contributed by atoms with Crippen LogP contribution in [-0.2, 0) is 9.47 Å². The Kier molecular flexibility index (Phi) is 6.95. The Morgan fingerprint density at radius 1 is 0.900 bits per heavy atom. The average Bonchev–Trinajstić information content (AvgIpc) is 3.38. The van der Waals surface area contributed by atoms with Crippen molar-refractivity contribution in [1.29, 1.82) is 0 Å². The predicted octanol–water partition coefficient (Wildman–Crippen LogP) is 10.3. The number of ether oxygens (including phenoxy) is 2. The molecule has 3 heteroatoms. The highest BCUT2D eigenvalue weighted by Crippen LogP contribution is 2.71. The maximum absolute atomic E-state index is 13.0. The van der Waals surface area contributed by atoms with Crippen LogP contribution in [0.3, 0.4) is 0 Å². The summed E-state index contributed by atoms with van der Waals surface area (Å²) < 4.78 is 12.6. The van der Waals surface area contributed by atoms with Gasteiger partial charge in [-0.15, -0.1) is 0 Å². The van der Waals surface area contributed by atoms with Gasteiger partial charge in [-0.25, -0.2) is 4.79 Å². The summed E-state index contributed by atoms with van der Waals surface area (Å²) in [6.45, 7) is 24.3. The molecule has 1 heterocycles. The maximum atomic E-state index is 13.0. The molecule has 0 unspecified atom stereocenters. The molecule has 1 saturated heterocycles. The molecule has 1 spiro atoms. The van der Waals surface area contributed by atoms with Crippen LogP contribution >= 0.6 is 0 Å². The van der Waals surface area contributed by atoms with Crippen molar-refractivity contribution in [2.24, 2.45) is 57.7 Å². The van der Waals surface area contributed by atoms with Crippen LogP contribution < -0.4 is 0 Å². The molecule has 5 fully saturated rings. The van der Waals surface area contributed by atoms with Gasteiger partial charge in [-0.3, -0.25) is 0 Å². The zero-order valence-electron chi connectivity index (χ0n) is 27.0. The second-order valence-corrected chi connectivity index (χ2v) is 16.9. The van der Waals surface area contributed by atoms with E-state index in [4.69, 9.17) is 16.1 Å². The smallest absolute Gasteiger partial charge is 0.426 e. The summed E-state index contributed by atoms with van der Waals surface area (Å²) in [4.78, 5) is 13.0. The standard InChI is InChI=1S/C37H58O3/c1-22(2)11-10-12-23(3)27-15-16-28-26-13-14-30-32-37(40-33(38)39-32)20-17-24(4)31(34(37,6)7)25(5)21-36(30,9)29(26)18-19-35(27,28)8/h22-23,26-30,32H,5,10-21H2,1-4,6-9H3/t23-,26+,27-,28+,29+,30+,32+,35-,36-,37-/m1/s1. The van der Waals surface area contributed by atoms with Gasteiger partial charge < -0.3 is 9.47 Å². The van der Waals surface area contributed by atoms with Crippen molar-refractivity contribution in [3.63, 3.8) is 0 Å². The molecule has 224 valence electrons. The van der Waals surface area contributed by atoms with Gasteiger partial charge in [-0.1, -0.05) is 85.5 Å². The lowest BCUT2D eigenvalue weighted by molar-refractivity contribution is -0.162. The van der Waals surface area contributed by atoms with Crippen LogP contribution in [0.4, 0.5) is 4.79 Å². The number of carbonyl (C=O) groups is 1. The van der Waals surface area contributed by atoms with Gasteiger partial charge in [0, 0.05) is 11.3 Å². The Morgan fingerprint density at radius 2 is 1.60 bits per heavy atom. The fraction of sp³-hybridized carbons (Fsp3) is 0.865. The number of allylic oxidation sites excluding steroid dienone is 2. The minimum absolute atomic E-state index is 0.0889. The first-order valence-corrected chi connectivity index (χ1v) is 17.0. The van der Waals surface area contributed by atoms with Crippen LogP contribution in [-0.4, -0.2) is 17.9 Å². The largest absolute Gasteiger partial charge is 0.509 e. The van der Waals surface area contributed by atoms with Crippen molar-refractivity contribution >= 4 is 6.16 Å². The van der Waals surface area contributed by atoms with Crippen molar-refractivity contribution in [3.05, 3.63) is 23.3 Å². The topological polar surface area (TPSA) is 35.5 Å². The highest BCUT2D eigenvalue weighted by molar-refractivity contribution is 5.65. The summed E-state index contributed by atoms with van der Waals surface area (Å²) in [5, 5.41) is 0. The lowest BCUT2D eigenvalue weighted by atomic mass is 9.42. The molecule has 0 aromatic rings. The van der Waals surface area contributed by atoms with E-state index in [0.29, 0.717) is 17.3 Å². The van der Waals surface area contributed by atoms with E-state index in [9.17, 15) is 4.79 Å². The van der Waals surface area contributed by atoms with Crippen LogP contribution in [0.5, 0.6) is 0 Å². The monoisotopic (exact) mass is 550 g/mol. The normalized spacial score (nSPS) is 46.4. The Labute approximate surface area is 245 Å². The molecule has 0 radical (unpaired) electrons. The van der Waals surface area contributed by atoms with Crippen molar-refractivity contribution in [2.45, 2.75) is 144 Å². The molecule has 5 aliphatic carbocycles. The molecule has 4 saturated carbocycles. The van der Waals surface area contributed by atoms with Gasteiger partial charge in [-0.2, -0.15) is 0 Å². The van der Waals surface area contributed by atoms with Crippen LogP contribution in [0.2, 0.25) is 0 Å². The lowest BCUT2D eigenvalue weighted by Gasteiger charge is -2.63. The average molecular weight is 551 g/mol. The molecular weight excluding hydrogens is 492 g/mol. The maximum Gasteiger partial charge on any atom is 0.509 e. The van der Waals surface area contributed by atoms with Crippen LogP contribution in [0.15, 0.2) is 23.3 Å². The summed E-state index contributed by atoms with van der Waals surface area (Å²) in [6, 6.07) is 0. The van der Waals surface area contributed by atoms with Crippen molar-refractivity contribution in [2.75, 3.05) is 0 Å². The van der Waals surface area contributed by atoms with E-state index in [1.165, 1.54) is 68.1 Å². The van der Waals surface area contributed by atoms with Gasteiger partial charge in [0.05, 0.1) is 0 Å². The molecule has 3 nitrogen and oxygen atoms in total. The Hall–Kier alpha value is -1.25. The molecule has 0 N–H and O–H groups in total. The number of fused-ring (bicyclic) bond motifs is 7. The summed E-state index contributed by atoms with van der Waals surface area (Å²) in [7, 11) is 0. The molecular formula is C37H58O3. The Morgan fingerprint density at radius 3 is 2.33 bits per heavy atom. The van der Waals surface area contributed by atoms with Crippen molar-refractivity contribution in [3.8, 4) is 0 Å². The van der Waals surface area contributed by atoms with Crippen LogP contribution in [0.1, 0.15) is 132 Å². The first kappa shape index (κ1) is 28.9. The van der Waals surface area contributed by atoms with E-state index in [0.717, 1.165) is 55.3 Å². The second-order valence-electron chi connectivity index (χ2n) is 16.9. The molecule has 6 aliphatic rings. The van der Waals surface area contributed by atoms with Crippen molar-refractivity contribution < 1.29 is 14.3 Å². The molecule has 1 aliphatic heterocycles. The Balaban J connectivity index is 1.32. The summed E-state index contributed by atoms with van der Waals surface area (Å²) in [5.41, 5.74) is 3.85. The van der Waals surface area contributed by atoms with E-state index in [1.807, 2.05) is 0 Å². The quantitative estimate of drug-likeness (QED) is 0.319. The fourth-order valence-electron chi connectivity index (χ4n) is 12.6. The van der Waals surface area contributed by atoms with E-state index in [1.54, 1.807) is 0 Å². The van der Waals surface area contributed by atoms with Crippen LogP contribution in [0, 0.1) is 57.7 Å². The predicted molar refractivity (Wildman–Crippen MR) is 163 cm³/mol. The van der Waals surface area contributed by atoms with Gasteiger partial charge in [0.25, 0.3) is 0 Å². The molecule has 6 rings (SSSR count). The zero-order valence-corrected chi connectivity index (χ0v) is 27.0. The Bertz CT molecular complexity index is 1080. The lowest BCUT2D eigenvalue weighted by Crippen LogP contribution is -2.64. The first-order valence-electron chi connectivity index (χ1n) is 17.0. The first-order chi connectivity index (χ1) is 18.8. The third kappa shape index (κ3) is 3.90. The van der Waals surface area contributed by atoms with Crippen LogP contribution in [0.25, 0.3) is 0 Å². The summed E-state index contributed by atoms with van der Waals surface area (Å²) in [5.74, 6) is 5.18. The van der Waals surface area contributed by atoms with E-state index in [2.05, 4.69) is 55.4 Å². The third-order valence-electron chi connectivity index (χ3n) is 14.4. The number of hydrogen-bond acceptors (Lipinski definition) is 3. The van der Waals surface area contributed by atoms with Gasteiger partial charge >= 0.3 is 6.16 Å². The molecule has 10 atom stereocenters. The minimum Gasteiger partial charge on any atom is -0.426 e. The molecule has 0 aromatic carbocycles. The molecule has 40 heavy (non-hydrogen) atoms.